The van der Waals surface area contributed by atoms with E-state index in [1.54, 1.807) is 6.20 Å². The highest BCUT2D eigenvalue weighted by atomic mass is 35.5. The van der Waals surface area contributed by atoms with Crippen molar-refractivity contribution in [1.82, 2.24) is 4.98 Å². The predicted molar refractivity (Wildman–Crippen MR) is 52.4 cm³/mol. The Labute approximate surface area is 77.7 Å². The second kappa shape index (κ2) is 8.22. The molecule has 1 aromatic heterocycles. The summed E-state index contributed by atoms with van der Waals surface area (Å²) < 4.78 is 0. The Morgan fingerprint density at radius 1 is 1.42 bits per heavy atom. The average molecular weight is 192 g/mol. The monoisotopic (exact) mass is 191 g/mol. The van der Waals surface area contributed by atoms with Crippen LogP contribution in [-0.4, -0.2) is 4.98 Å². The van der Waals surface area contributed by atoms with Crippen LogP contribution in [0.3, 0.4) is 0 Å². The molecule has 6 heteroatoms. The van der Waals surface area contributed by atoms with Gasteiger partial charge in [-0.05, 0) is 24.6 Å². The van der Waals surface area contributed by atoms with E-state index >= 15 is 0 Å². The molecule has 0 atom stereocenters. The van der Waals surface area contributed by atoms with Crippen LogP contribution in [0, 0.1) is 6.92 Å². The van der Waals surface area contributed by atoms with Gasteiger partial charge in [0.05, 0.1) is 0 Å². The number of nitrogens with one attached hydrogen (secondary N) is 1. The smallest absolute Gasteiger partial charge is 0.140 e. The first-order valence-electron chi connectivity index (χ1n) is 3.05. The van der Waals surface area contributed by atoms with Crippen molar-refractivity contribution in [2.45, 2.75) is 6.92 Å². The Balaban J connectivity index is 0. The van der Waals surface area contributed by atoms with Gasteiger partial charge in [0, 0.05) is 6.20 Å². The van der Waals surface area contributed by atoms with Crippen molar-refractivity contribution < 1.29 is 0 Å². The van der Waals surface area contributed by atoms with E-state index in [1.165, 1.54) is 0 Å². The summed E-state index contributed by atoms with van der Waals surface area (Å²) in [5.74, 6) is 13.8. The summed E-state index contributed by atoms with van der Waals surface area (Å²) in [6.07, 6.45) is 1.71. The zero-order valence-electron chi connectivity index (χ0n) is 6.82. The van der Waals surface area contributed by atoms with Gasteiger partial charge in [-0.1, -0.05) is 0 Å². The van der Waals surface area contributed by atoms with Crippen molar-refractivity contribution >= 4 is 18.2 Å². The van der Waals surface area contributed by atoms with E-state index in [4.69, 9.17) is 5.84 Å². The third-order valence-electron chi connectivity index (χ3n) is 1.06. The third kappa shape index (κ3) is 4.86. The van der Waals surface area contributed by atoms with E-state index < -0.39 is 0 Å². The number of aromatic nitrogens is 1. The number of pyridine rings is 1. The lowest BCUT2D eigenvalue weighted by atomic mass is 10.3. The van der Waals surface area contributed by atoms with Gasteiger partial charge in [-0.25, -0.2) is 10.8 Å². The first-order valence-corrected chi connectivity index (χ1v) is 3.05. The van der Waals surface area contributed by atoms with Crippen molar-refractivity contribution in [3.8, 4) is 0 Å². The molecule has 0 radical (unpaired) electrons. The lowest BCUT2D eigenvalue weighted by Gasteiger charge is -1.96. The topological polar surface area (TPSA) is 103 Å². The highest BCUT2D eigenvalue weighted by Gasteiger charge is 1.86. The molecule has 0 saturated carbocycles. The van der Waals surface area contributed by atoms with E-state index in [0.29, 0.717) is 5.82 Å². The van der Waals surface area contributed by atoms with Crippen LogP contribution >= 0.6 is 12.4 Å². The average Bonchev–Trinajstić information content (AvgIpc) is 2.08. The Hall–Kier alpha value is -0.880. The number of anilines is 1. The zero-order chi connectivity index (χ0) is 8.69. The van der Waals surface area contributed by atoms with Crippen LogP contribution in [-0.2, 0) is 0 Å². The normalized spacial score (nSPS) is 7.33. The maximum atomic E-state index is 5.11. The molecule has 0 fully saturated rings. The minimum atomic E-state index is 0. The standard InChI is InChI=1S/C6H9N3.ClH.H4N2/c1-5-2-3-8-6(4-5)9-7;;1-2/h2-4H,7H2,1H3,(H,8,9);1H;1-2H2. The first kappa shape index (κ1) is 13.7. The van der Waals surface area contributed by atoms with Gasteiger partial charge in [-0.2, -0.15) is 0 Å². The molecular formula is C6H14ClN5. The Kier molecular flexibility index (Phi) is 9.38. The number of halogens is 1. The summed E-state index contributed by atoms with van der Waals surface area (Å²) in [6.45, 7) is 1.99. The third-order valence-corrected chi connectivity index (χ3v) is 1.06. The summed E-state index contributed by atoms with van der Waals surface area (Å²) in [7, 11) is 0. The maximum Gasteiger partial charge on any atom is 0.140 e. The van der Waals surface area contributed by atoms with Crippen LogP contribution in [0.2, 0.25) is 0 Å². The van der Waals surface area contributed by atoms with Gasteiger partial charge in [0.15, 0.2) is 0 Å². The van der Waals surface area contributed by atoms with Gasteiger partial charge >= 0.3 is 0 Å². The quantitative estimate of drug-likeness (QED) is 0.367. The maximum absolute atomic E-state index is 5.11. The Morgan fingerprint density at radius 3 is 2.33 bits per heavy atom. The van der Waals surface area contributed by atoms with Crippen molar-refractivity contribution in [2.75, 3.05) is 5.43 Å². The molecule has 1 rings (SSSR count). The van der Waals surface area contributed by atoms with Crippen LogP contribution in [0.5, 0.6) is 0 Å². The Morgan fingerprint density at radius 2 is 2.00 bits per heavy atom. The lowest BCUT2D eigenvalue weighted by Crippen LogP contribution is -2.07. The number of nitrogens with zero attached hydrogens (tertiary/aromatic N) is 1. The molecule has 1 heterocycles. The van der Waals surface area contributed by atoms with Crippen molar-refractivity contribution in [3.63, 3.8) is 0 Å². The molecule has 7 N–H and O–H groups in total. The minimum absolute atomic E-state index is 0. The molecule has 0 aliphatic rings. The largest absolute Gasteiger partial charge is 0.308 e. The lowest BCUT2D eigenvalue weighted by molar-refractivity contribution is 1.21. The van der Waals surface area contributed by atoms with Crippen LogP contribution in [0.4, 0.5) is 5.82 Å². The molecular weight excluding hydrogens is 178 g/mol. The van der Waals surface area contributed by atoms with E-state index in [9.17, 15) is 0 Å². The molecule has 70 valence electrons. The molecule has 0 spiro atoms. The Bertz CT molecular complexity index is 205. The minimum Gasteiger partial charge on any atom is -0.308 e. The van der Waals surface area contributed by atoms with Gasteiger partial charge in [0.2, 0.25) is 0 Å². The summed E-state index contributed by atoms with van der Waals surface area (Å²) in [5.41, 5.74) is 3.61. The number of rotatable bonds is 1. The molecule has 12 heavy (non-hydrogen) atoms. The van der Waals surface area contributed by atoms with E-state index in [0.717, 1.165) is 5.56 Å². The van der Waals surface area contributed by atoms with Gasteiger partial charge in [0.1, 0.15) is 5.82 Å². The molecule has 1 aromatic rings. The second-order valence-corrected chi connectivity index (χ2v) is 1.86. The van der Waals surface area contributed by atoms with Gasteiger partial charge < -0.3 is 5.43 Å². The van der Waals surface area contributed by atoms with Crippen molar-refractivity contribution in [1.29, 1.82) is 0 Å². The highest BCUT2D eigenvalue weighted by molar-refractivity contribution is 5.85. The van der Waals surface area contributed by atoms with Crippen LogP contribution < -0.4 is 23.0 Å². The molecule has 0 amide bonds. The SMILES string of the molecule is Cc1ccnc(NN)c1.Cl.NN. The summed E-state index contributed by atoms with van der Waals surface area (Å²) in [6, 6.07) is 3.79. The number of aryl methyl sites for hydroxylation is 1. The molecule has 0 unspecified atom stereocenters. The number of nitrogen functional groups attached to an aromatic ring is 1. The second-order valence-electron chi connectivity index (χ2n) is 1.86. The molecule has 0 aliphatic carbocycles. The predicted octanol–water partition coefficient (Wildman–Crippen LogP) is -0.0838. The number of hydrogen-bond donors (Lipinski definition) is 4. The van der Waals surface area contributed by atoms with Crippen LogP contribution in [0.1, 0.15) is 5.56 Å². The number of hydrazine groups is 2. The summed E-state index contributed by atoms with van der Waals surface area (Å²) in [4.78, 5) is 3.92. The van der Waals surface area contributed by atoms with Gasteiger partial charge in [0.25, 0.3) is 0 Å². The van der Waals surface area contributed by atoms with Gasteiger partial charge in [-0.15, -0.1) is 12.4 Å². The van der Waals surface area contributed by atoms with E-state index in [-0.39, 0.29) is 12.4 Å². The molecule has 0 aliphatic heterocycles. The van der Waals surface area contributed by atoms with Crippen molar-refractivity contribution in [3.05, 3.63) is 23.9 Å². The molecule has 0 aromatic carbocycles. The number of nitrogens with two attached hydrogens (primary N) is 3. The molecule has 0 saturated heterocycles. The summed E-state index contributed by atoms with van der Waals surface area (Å²) >= 11 is 0. The number of hydrogen-bond acceptors (Lipinski definition) is 5. The van der Waals surface area contributed by atoms with Gasteiger partial charge in [-0.3, -0.25) is 11.7 Å². The fourth-order valence-electron chi connectivity index (χ4n) is 0.615. The molecule has 0 bridgehead atoms. The fraction of sp³-hybridized carbons (Fsp3) is 0.167. The zero-order valence-corrected chi connectivity index (χ0v) is 7.64. The van der Waals surface area contributed by atoms with Crippen LogP contribution in [0.15, 0.2) is 18.3 Å². The van der Waals surface area contributed by atoms with Crippen molar-refractivity contribution in [2.24, 2.45) is 17.5 Å². The van der Waals surface area contributed by atoms with Crippen LogP contribution in [0.25, 0.3) is 0 Å². The van der Waals surface area contributed by atoms with E-state index in [2.05, 4.69) is 22.1 Å². The first-order chi connectivity index (χ1) is 5.33. The fourth-order valence-corrected chi connectivity index (χ4v) is 0.615. The summed E-state index contributed by atoms with van der Waals surface area (Å²) in [5, 5.41) is 0. The highest BCUT2D eigenvalue weighted by Crippen LogP contribution is 2.01. The molecule has 5 nitrogen and oxygen atoms in total. The van der Waals surface area contributed by atoms with E-state index in [1.807, 2.05) is 19.1 Å².